The van der Waals surface area contributed by atoms with E-state index < -0.39 is 0 Å². The minimum Gasteiger partial charge on any atom is -0.368 e. The van der Waals surface area contributed by atoms with Gasteiger partial charge in [0, 0.05) is 26.2 Å². The molecule has 0 radical (unpaired) electrons. The number of aromatic nitrogens is 3. The summed E-state index contributed by atoms with van der Waals surface area (Å²) in [5, 5.41) is 4.27. The van der Waals surface area contributed by atoms with Crippen molar-refractivity contribution >= 4 is 0 Å². The molecule has 0 aliphatic carbocycles. The summed E-state index contributed by atoms with van der Waals surface area (Å²) in [4.78, 5) is 6.72. The third kappa shape index (κ3) is 3.75. The number of morpholine rings is 1. The average molecular weight is 267 g/mol. The maximum atomic E-state index is 5.94. The molecule has 1 aromatic rings. The zero-order chi connectivity index (χ0) is 13.9. The lowest BCUT2D eigenvalue weighted by Gasteiger charge is -2.42. The van der Waals surface area contributed by atoms with Crippen LogP contribution in [0.2, 0.25) is 0 Å². The Hall–Kier alpha value is -0.980. The fourth-order valence-electron chi connectivity index (χ4n) is 2.67. The predicted molar refractivity (Wildman–Crippen MR) is 73.6 cm³/mol. The Labute approximate surface area is 114 Å². The Morgan fingerprint density at radius 2 is 2.32 bits per heavy atom. The standard InChI is InChI=1S/C13H25N5O/c1-4-5-18-12(15-10-16-18)8-17-7-11(6-14)19-13(2,3)9-17/h10-11H,4-9,14H2,1-3H3. The van der Waals surface area contributed by atoms with Crippen LogP contribution < -0.4 is 5.73 Å². The van der Waals surface area contributed by atoms with Crippen molar-refractivity contribution in [3.63, 3.8) is 0 Å². The van der Waals surface area contributed by atoms with Gasteiger partial charge in [0.2, 0.25) is 0 Å². The predicted octanol–water partition coefficient (Wildman–Crippen LogP) is 0.626. The highest BCUT2D eigenvalue weighted by molar-refractivity contribution is 4.90. The third-order valence-corrected chi connectivity index (χ3v) is 3.31. The summed E-state index contributed by atoms with van der Waals surface area (Å²) in [6.45, 7) is 10.4. The monoisotopic (exact) mass is 267 g/mol. The van der Waals surface area contributed by atoms with Crippen LogP contribution in [0.15, 0.2) is 6.33 Å². The number of nitrogens with two attached hydrogens (primary N) is 1. The molecular formula is C13H25N5O. The molecule has 0 aromatic carbocycles. The Bertz CT molecular complexity index is 403. The maximum absolute atomic E-state index is 5.94. The van der Waals surface area contributed by atoms with Crippen LogP contribution in [0, 0.1) is 0 Å². The summed E-state index contributed by atoms with van der Waals surface area (Å²) in [7, 11) is 0. The topological polar surface area (TPSA) is 69.2 Å². The zero-order valence-corrected chi connectivity index (χ0v) is 12.2. The summed E-state index contributed by atoms with van der Waals surface area (Å²) in [5.41, 5.74) is 5.60. The second-order valence-electron chi connectivity index (χ2n) is 5.80. The summed E-state index contributed by atoms with van der Waals surface area (Å²) in [5.74, 6) is 1.02. The van der Waals surface area contributed by atoms with E-state index >= 15 is 0 Å². The van der Waals surface area contributed by atoms with Crippen LogP contribution in [0.4, 0.5) is 0 Å². The van der Waals surface area contributed by atoms with E-state index in [1.807, 2.05) is 4.68 Å². The maximum Gasteiger partial charge on any atom is 0.141 e. The van der Waals surface area contributed by atoms with E-state index in [4.69, 9.17) is 10.5 Å². The van der Waals surface area contributed by atoms with Crippen molar-refractivity contribution in [3.8, 4) is 0 Å². The van der Waals surface area contributed by atoms with Gasteiger partial charge >= 0.3 is 0 Å². The fourth-order valence-corrected chi connectivity index (χ4v) is 2.67. The quantitative estimate of drug-likeness (QED) is 0.847. The van der Waals surface area contributed by atoms with Crippen LogP contribution in [0.5, 0.6) is 0 Å². The number of ether oxygens (including phenoxy) is 1. The van der Waals surface area contributed by atoms with Gasteiger partial charge in [-0.25, -0.2) is 9.67 Å². The molecule has 108 valence electrons. The fraction of sp³-hybridized carbons (Fsp3) is 0.846. The third-order valence-electron chi connectivity index (χ3n) is 3.31. The van der Waals surface area contributed by atoms with Crippen molar-refractivity contribution in [2.75, 3.05) is 19.6 Å². The molecule has 19 heavy (non-hydrogen) atoms. The average Bonchev–Trinajstić information content (AvgIpc) is 2.75. The molecule has 0 spiro atoms. The SMILES string of the molecule is CCCn1ncnc1CN1CC(CN)OC(C)(C)C1. The first-order valence-corrected chi connectivity index (χ1v) is 7.01. The zero-order valence-electron chi connectivity index (χ0n) is 12.2. The van der Waals surface area contributed by atoms with E-state index in [1.54, 1.807) is 6.33 Å². The van der Waals surface area contributed by atoms with E-state index in [0.717, 1.165) is 38.4 Å². The molecular weight excluding hydrogens is 242 g/mol. The molecule has 1 aromatic heterocycles. The van der Waals surface area contributed by atoms with Crippen molar-refractivity contribution < 1.29 is 4.74 Å². The van der Waals surface area contributed by atoms with Gasteiger partial charge in [0.1, 0.15) is 12.2 Å². The lowest BCUT2D eigenvalue weighted by molar-refractivity contribution is -0.134. The van der Waals surface area contributed by atoms with Gasteiger partial charge in [-0.15, -0.1) is 0 Å². The van der Waals surface area contributed by atoms with Crippen LogP contribution in [0.1, 0.15) is 33.0 Å². The van der Waals surface area contributed by atoms with E-state index in [-0.39, 0.29) is 11.7 Å². The molecule has 6 nitrogen and oxygen atoms in total. The van der Waals surface area contributed by atoms with E-state index in [0.29, 0.717) is 6.54 Å². The first-order chi connectivity index (χ1) is 9.04. The molecule has 0 saturated carbocycles. The first kappa shape index (κ1) is 14.4. The molecule has 6 heteroatoms. The van der Waals surface area contributed by atoms with Crippen molar-refractivity contribution in [1.82, 2.24) is 19.7 Å². The van der Waals surface area contributed by atoms with E-state index in [1.165, 1.54) is 0 Å². The molecule has 1 aliphatic heterocycles. The number of hydrogen-bond acceptors (Lipinski definition) is 5. The molecule has 1 fully saturated rings. The highest BCUT2D eigenvalue weighted by Gasteiger charge is 2.33. The Morgan fingerprint density at radius 1 is 1.53 bits per heavy atom. The van der Waals surface area contributed by atoms with Gasteiger partial charge in [0.15, 0.2) is 0 Å². The summed E-state index contributed by atoms with van der Waals surface area (Å²) in [6.07, 6.45) is 2.80. The Kier molecular flexibility index (Phi) is 4.54. The van der Waals surface area contributed by atoms with Crippen LogP contribution >= 0.6 is 0 Å². The van der Waals surface area contributed by atoms with Crippen LogP contribution in [0.3, 0.4) is 0 Å². The molecule has 2 N–H and O–H groups in total. The minimum absolute atomic E-state index is 0.103. The second kappa shape index (κ2) is 5.98. The van der Waals surface area contributed by atoms with Gasteiger partial charge in [-0.05, 0) is 20.3 Å². The van der Waals surface area contributed by atoms with Crippen molar-refractivity contribution in [3.05, 3.63) is 12.2 Å². The van der Waals surface area contributed by atoms with E-state index in [9.17, 15) is 0 Å². The Morgan fingerprint density at radius 3 is 3.00 bits per heavy atom. The van der Waals surface area contributed by atoms with E-state index in [2.05, 4.69) is 35.8 Å². The summed E-state index contributed by atoms with van der Waals surface area (Å²) in [6, 6.07) is 0. The highest BCUT2D eigenvalue weighted by Crippen LogP contribution is 2.21. The molecule has 1 aliphatic rings. The van der Waals surface area contributed by atoms with Crippen LogP contribution in [-0.4, -0.2) is 51.0 Å². The lowest BCUT2D eigenvalue weighted by Crippen LogP contribution is -2.54. The van der Waals surface area contributed by atoms with Crippen molar-refractivity contribution in [2.45, 2.75) is 52.0 Å². The van der Waals surface area contributed by atoms with Crippen molar-refractivity contribution in [2.24, 2.45) is 5.73 Å². The molecule has 1 atom stereocenters. The smallest absolute Gasteiger partial charge is 0.141 e. The van der Waals surface area contributed by atoms with Crippen LogP contribution in [0.25, 0.3) is 0 Å². The lowest BCUT2D eigenvalue weighted by atomic mass is 10.1. The van der Waals surface area contributed by atoms with Crippen molar-refractivity contribution in [1.29, 1.82) is 0 Å². The Balaban J connectivity index is 2.03. The van der Waals surface area contributed by atoms with Gasteiger partial charge in [-0.3, -0.25) is 4.90 Å². The summed E-state index contributed by atoms with van der Waals surface area (Å²) >= 11 is 0. The van der Waals surface area contributed by atoms with Gasteiger partial charge < -0.3 is 10.5 Å². The van der Waals surface area contributed by atoms with Gasteiger partial charge in [-0.2, -0.15) is 5.10 Å². The normalized spacial score (nSPS) is 23.7. The molecule has 0 bridgehead atoms. The first-order valence-electron chi connectivity index (χ1n) is 7.01. The van der Waals surface area contributed by atoms with Gasteiger partial charge in [0.25, 0.3) is 0 Å². The second-order valence-corrected chi connectivity index (χ2v) is 5.80. The molecule has 2 heterocycles. The number of nitrogens with zero attached hydrogens (tertiary/aromatic N) is 4. The minimum atomic E-state index is -0.155. The highest BCUT2D eigenvalue weighted by atomic mass is 16.5. The van der Waals surface area contributed by atoms with Gasteiger partial charge in [0.05, 0.1) is 18.2 Å². The number of rotatable bonds is 5. The van der Waals surface area contributed by atoms with Crippen LogP contribution in [-0.2, 0) is 17.8 Å². The summed E-state index contributed by atoms with van der Waals surface area (Å²) < 4.78 is 7.93. The molecule has 0 amide bonds. The molecule has 1 saturated heterocycles. The number of hydrogen-bond donors (Lipinski definition) is 1. The van der Waals surface area contributed by atoms with Gasteiger partial charge in [-0.1, -0.05) is 6.92 Å². The number of aryl methyl sites for hydroxylation is 1. The largest absolute Gasteiger partial charge is 0.368 e. The molecule has 2 rings (SSSR count). The molecule has 1 unspecified atom stereocenters.